The number of carbonyl (C=O) groups excluding carboxylic acids is 2. The lowest BCUT2D eigenvalue weighted by atomic mass is 10.2. The number of amides is 2. The van der Waals surface area contributed by atoms with E-state index >= 15 is 0 Å². The molecule has 0 spiro atoms. The number of nitro benzene ring substituents is 1. The summed E-state index contributed by atoms with van der Waals surface area (Å²) in [5.41, 5.74) is 3.56. The highest BCUT2D eigenvalue weighted by Crippen LogP contribution is 2.29. The van der Waals surface area contributed by atoms with Crippen molar-refractivity contribution in [3.05, 3.63) is 93.8 Å². The number of carbonyl (C=O) groups is 2. The van der Waals surface area contributed by atoms with E-state index in [2.05, 4.69) is 15.8 Å². The molecule has 3 aromatic carbocycles. The van der Waals surface area contributed by atoms with Gasteiger partial charge in [-0.1, -0.05) is 12.1 Å². The van der Waals surface area contributed by atoms with Gasteiger partial charge >= 0.3 is 0 Å². The van der Waals surface area contributed by atoms with Crippen LogP contribution in [-0.4, -0.2) is 29.6 Å². The second kappa shape index (κ2) is 12.6. The Bertz CT molecular complexity index is 1260. The van der Waals surface area contributed by atoms with Gasteiger partial charge in [-0.3, -0.25) is 19.7 Å². The number of ether oxygens (including phenoxy) is 2. The Morgan fingerprint density at radius 3 is 2.47 bits per heavy atom. The number of hydrogen-bond donors (Lipinski definition) is 2. The van der Waals surface area contributed by atoms with E-state index in [0.29, 0.717) is 23.7 Å². The lowest BCUT2D eigenvalue weighted by molar-refractivity contribution is -0.384. The summed E-state index contributed by atoms with van der Waals surface area (Å²) < 4.78 is 25.0. The summed E-state index contributed by atoms with van der Waals surface area (Å²) in [7, 11) is 0. The van der Waals surface area contributed by atoms with E-state index in [0.717, 1.165) is 5.56 Å². The van der Waals surface area contributed by atoms with Crippen LogP contribution in [0.15, 0.2) is 71.8 Å². The minimum Gasteiger partial charge on any atom is -0.490 e. The average molecular weight is 494 g/mol. The number of para-hydroxylation sites is 1. The number of hydrogen-bond acceptors (Lipinski definition) is 7. The first kappa shape index (κ1) is 25.8. The first-order valence-electron chi connectivity index (χ1n) is 10.8. The summed E-state index contributed by atoms with van der Waals surface area (Å²) in [5.74, 6) is -1.05. The third-order valence-corrected chi connectivity index (χ3v) is 4.68. The Morgan fingerprint density at radius 2 is 1.78 bits per heavy atom. The molecular weight excluding hydrogens is 471 g/mol. The number of nitrogens with one attached hydrogen (secondary N) is 2. The average Bonchev–Trinajstić information content (AvgIpc) is 2.85. The molecule has 36 heavy (non-hydrogen) atoms. The van der Waals surface area contributed by atoms with Crippen molar-refractivity contribution in [2.24, 2.45) is 5.10 Å². The zero-order chi connectivity index (χ0) is 25.9. The molecule has 186 valence electrons. The smallest absolute Gasteiger partial charge is 0.269 e. The van der Waals surface area contributed by atoms with Crippen molar-refractivity contribution < 1.29 is 28.4 Å². The summed E-state index contributed by atoms with van der Waals surface area (Å²) in [6.45, 7) is 2.37. The van der Waals surface area contributed by atoms with Crippen molar-refractivity contribution in [3.8, 4) is 11.5 Å². The van der Waals surface area contributed by atoms with Gasteiger partial charge in [-0.15, -0.1) is 0 Å². The van der Waals surface area contributed by atoms with Crippen LogP contribution in [0.5, 0.6) is 11.5 Å². The van der Waals surface area contributed by atoms with Crippen molar-refractivity contribution in [2.45, 2.75) is 20.0 Å². The molecule has 0 saturated heterocycles. The minimum atomic E-state index is -0.680. The Balaban J connectivity index is 1.55. The Labute approximate surface area is 205 Å². The van der Waals surface area contributed by atoms with Gasteiger partial charge < -0.3 is 14.8 Å². The van der Waals surface area contributed by atoms with E-state index in [9.17, 15) is 24.1 Å². The van der Waals surface area contributed by atoms with Crippen molar-refractivity contribution in [2.75, 3.05) is 11.9 Å². The number of halogens is 1. The van der Waals surface area contributed by atoms with Gasteiger partial charge in [0, 0.05) is 12.1 Å². The third-order valence-electron chi connectivity index (χ3n) is 4.68. The molecule has 0 bridgehead atoms. The first-order valence-corrected chi connectivity index (χ1v) is 10.8. The van der Waals surface area contributed by atoms with Crippen LogP contribution in [0.3, 0.4) is 0 Å². The van der Waals surface area contributed by atoms with Crippen LogP contribution >= 0.6 is 0 Å². The normalized spacial score (nSPS) is 10.6. The van der Waals surface area contributed by atoms with Gasteiger partial charge in [0.15, 0.2) is 11.5 Å². The van der Waals surface area contributed by atoms with E-state index in [4.69, 9.17) is 9.47 Å². The van der Waals surface area contributed by atoms with Crippen molar-refractivity contribution in [1.82, 2.24) is 5.43 Å². The molecule has 0 heterocycles. The zero-order valence-corrected chi connectivity index (χ0v) is 19.3. The van der Waals surface area contributed by atoms with Crippen molar-refractivity contribution in [1.29, 1.82) is 0 Å². The quantitative estimate of drug-likeness (QED) is 0.178. The SMILES string of the molecule is CCOc1cc(C=NNC(=O)CC(=O)Nc2ccccc2F)ccc1OCc1ccc([N+](=O)[O-])cc1. The number of nitro groups is 1. The zero-order valence-electron chi connectivity index (χ0n) is 19.3. The molecule has 0 unspecified atom stereocenters. The van der Waals surface area contributed by atoms with Gasteiger partial charge in [0.1, 0.15) is 18.8 Å². The summed E-state index contributed by atoms with van der Waals surface area (Å²) in [6, 6.07) is 16.7. The fraction of sp³-hybridized carbons (Fsp3) is 0.160. The van der Waals surface area contributed by atoms with Gasteiger partial charge in [0.05, 0.1) is 23.4 Å². The topological polar surface area (TPSA) is 132 Å². The van der Waals surface area contributed by atoms with Crippen LogP contribution in [0.1, 0.15) is 24.5 Å². The molecule has 2 N–H and O–H groups in total. The minimum absolute atomic E-state index is 0.00444. The van der Waals surface area contributed by atoms with Crippen LogP contribution in [0.25, 0.3) is 0 Å². The Hall–Kier alpha value is -4.80. The summed E-state index contributed by atoms with van der Waals surface area (Å²) in [5, 5.41) is 16.9. The van der Waals surface area contributed by atoms with Crippen molar-refractivity contribution >= 4 is 29.4 Å². The fourth-order valence-corrected chi connectivity index (χ4v) is 2.99. The second-order valence-corrected chi connectivity index (χ2v) is 7.35. The highest BCUT2D eigenvalue weighted by Gasteiger charge is 2.12. The van der Waals surface area contributed by atoms with Crippen LogP contribution in [0.2, 0.25) is 0 Å². The van der Waals surface area contributed by atoms with Crippen LogP contribution in [0, 0.1) is 15.9 Å². The number of anilines is 1. The standard InChI is InChI=1S/C25H23FN4O6/c1-2-35-23-13-18(9-12-22(23)36-16-17-7-10-19(11-8-17)30(33)34)15-27-29-25(32)14-24(31)28-21-6-4-3-5-20(21)26/h3-13,15H,2,14,16H2,1H3,(H,28,31)(H,29,32). The molecular formula is C25H23FN4O6. The lowest BCUT2D eigenvalue weighted by Gasteiger charge is -2.12. The predicted octanol–water partition coefficient (Wildman–Crippen LogP) is 4.19. The molecule has 0 aromatic heterocycles. The molecule has 0 saturated carbocycles. The predicted molar refractivity (Wildman–Crippen MR) is 130 cm³/mol. The number of nitrogens with zero attached hydrogens (tertiary/aromatic N) is 2. The molecule has 3 aromatic rings. The van der Waals surface area contributed by atoms with Gasteiger partial charge in [-0.2, -0.15) is 5.10 Å². The molecule has 2 amide bonds. The third kappa shape index (κ3) is 7.62. The highest BCUT2D eigenvalue weighted by molar-refractivity contribution is 6.03. The van der Waals surface area contributed by atoms with E-state index in [1.165, 1.54) is 36.5 Å². The largest absolute Gasteiger partial charge is 0.490 e. The van der Waals surface area contributed by atoms with Gasteiger partial charge in [-0.05, 0) is 60.5 Å². The second-order valence-electron chi connectivity index (χ2n) is 7.35. The van der Waals surface area contributed by atoms with Crippen molar-refractivity contribution in [3.63, 3.8) is 0 Å². The summed E-state index contributed by atoms with van der Waals surface area (Å²) >= 11 is 0. The van der Waals surface area contributed by atoms with E-state index < -0.39 is 29.0 Å². The van der Waals surface area contributed by atoms with E-state index in [1.807, 2.05) is 6.92 Å². The van der Waals surface area contributed by atoms with Crippen LogP contribution < -0.4 is 20.2 Å². The van der Waals surface area contributed by atoms with Crippen LogP contribution in [-0.2, 0) is 16.2 Å². The number of rotatable bonds is 11. The molecule has 0 aliphatic rings. The molecule has 10 nitrogen and oxygen atoms in total. The van der Waals surface area contributed by atoms with E-state index in [1.54, 1.807) is 36.4 Å². The molecule has 0 aliphatic carbocycles. The highest BCUT2D eigenvalue weighted by atomic mass is 19.1. The van der Waals surface area contributed by atoms with E-state index in [-0.39, 0.29) is 18.0 Å². The molecule has 3 rings (SSSR count). The Morgan fingerprint density at radius 1 is 1.03 bits per heavy atom. The van der Waals surface area contributed by atoms with Gasteiger partial charge in [-0.25, -0.2) is 9.82 Å². The summed E-state index contributed by atoms with van der Waals surface area (Å²) in [6.07, 6.45) is 0.834. The molecule has 0 radical (unpaired) electrons. The molecule has 0 aliphatic heterocycles. The molecule has 0 atom stereocenters. The number of non-ortho nitro benzene ring substituents is 1. The fourth-order valence-electron chi connectivity index (χ4n) is 2.99. The number of benzene rings is 3. The maximum atomic E-state index is 13.6. The lowest BCUT2D eigenvalue weighted by Crippen LogP contribution is -2.24. The van der Waals surface area contributed by atoms with Crippen LogP contribution in [0.4, 0.5) is 15.8 Å². The summed E-state index contributed by atoms with van der Waals surface area (Å²) in [4.78, 5) is 34.2. The number of hydrazone groups is 1. The van der Waals surface area contributed by atoms with Gasteiger partial charge in [0.2, 0.25) is 11.8 Å². The maximum absolute atomic E-state index is 13.6. The first-order chi connectivity index (χ1) is 17.4. The maximum Gasteiger partial charge on any atom is 0.269 e. The van der Waals surface area contributed by atoms with Gasteiger partial charge in [0.25, 0.3) is 5.69 Å². The molecule has 11 heteroatoms. The monoisotopic (exact) mass is 494 g/mol. The molecule has 0 fully saturated rings. The Kier molecular flexibility index (Phi) is 9.04.